The Kier molecular flexibility index (Phi) is 4.48. The second kappa shape index (κ2) is 6.19. The number of carbonyl (C=O) groups is 1. The molecule has 23 heavy (non-hydrogen) atoms. The molecule has 9 nitrogen and oxygen atoms in total. The molecule has 1 aliphatic carbocycles. The van der Waals surface area contributed by atoms with E-state index in [2.05, 4.69) is 5.32 Å². The van der Waals surface area contributed by atoms with E-state index in [1.807, 2.05) is 0 Å². The van der Waals surface area contributed by atoms with E-state index in [0.717, 1.165) is 6.42 Å². The van der Waals surface area contributed by atoms with E-state index in [1.165, 1.54) is 19.1 Å². The molecule has 1 aromatic carbocycles. The van der Waals surface area contributed by atoms with Gasteiger partial charge in [-0.1, -0.05) is 19.3 Å². The van der Waals surface area contributed by atoms with Crippen LogP contribution >= 0.6 is 0 Å². The van der Waals surface area contributed by atoms with Gasteiger partial charge in [0.1, 0.15) is 0 Å². The highest BCUT2D eigenvalue weighted by Crippen LogP contribution is 2.40. The van der Waals surface area contributed by atoms with Crippen LogP contribution < -0.4 is 10.4 Å². The van der Waals surface area contributed by atoms with Gasteiger partial charge in [-0.25, -0.2) is 0 Å². The SMILES string of the molecule is Cc1cc([N+](=O)[O-])c(NC2(C(=O)[O-])CCCCC2)c([N+](=O)[O-])c1. The van der Waals surface area contributed by atoms with Crippen molar-refractivity contribution in [3.63, 3.8) is 0 Å². The lowest BCUT2D eigenvalue weighted by molar-refractivity contribution is -0.392. The number of nitrogens with zero attached hydrogens (tertiary/aromatic N) is 2. The number of rotatable bonds is 5. The Morgan fingerprint density at radius 1 is 1.09 bits per heavy atom. The molecule has 2 rings (SSSR count). The quantitative estimate of drug-likeness (QED) is 0.642. The summed E-state index contributed by atoms with van der Waals surface area (Å²) in [6.45, 7) is 1.50. The lowest BCUT2D eigenvalue weighted by Crippen LogP contribution is -2.55. The number of carboxylic acids is 1. The third-order valence-electron chi connectivity index (χ3n) is 4.10. The number of nitro groups is 2. The summed E-state index contributed by atoms with van der Waals surface area (Å²) in [6.07, 6.45) is 2.46. The highest BCUT2D eigenvalue weighted by molar-refractivity contribution is 5.85. The molecule has 0 spiro atoms. The molecular weight excluding hydrogens is 306 g/mol. The summed E-state index contributed by atoms with van der Waals surface area (Å²) in [6, 6.07) is 2.36. The van der Waals surface area contributed by atoms with Crippen LogP contribution in [0.25, 0.3) is 0 Å². The first kappa shape index (κ1) is 16.7. The number of carbonyl (C=O) groups excluding carboxylic acids is 1. The van der Waals surface area contributed by atoms with Crippen molar-refractivity contribution in [2.45, 2.75) is 44.6 Å². The van der Waals surface area contributed by atoms with Gasteiger partial charge in [0.15, 0.2) is 5.69 Å². The van der Waals surface area contributed by atoms with Gasteiger partial charge in [0.05, 0.1) is 21.4 Å². The molecular formula is C14H16N3O6-. The smallest absolute Gasteiger partial charge is 0.299 e. The average Bonchev–Trinajstić information content (AvgIpc) is 2.49. The molecule has 1 fully saturated rings. The number of hydrogen-bond donors (Lipinski definition) is 1. The normalized spacial score (nSPS) is 16.6. The van der Waals surface area contributed by atoms with Gasteiger partial charge >= 0.3 is 0 Å². The van der Waals surface area contributed by atoms with Gasteiger partial charge in [0.2, 0.25) is 0 Å². The third kappa shape index (κ3) is 3.22. The van der Waals surface area contributed by atoms with Crippen LogP contribution in [0.3, 0.4) is 0 Å². The number of carboxylic acid groups (broad SMARTS) is 1. The molecule has 0 radical (unpaired) electrons. The molecule has 1 N–H and O–H groups in total. The summed E-state index contributed by atoms with van der Waals surface area (Å²) in [7, 11) is 0. The van der Waals surface area contributed by atoms with Gasteiger partial charge in [-0.05, 0) is 25.3 Å². The first-order chi connectivity index (χ1) is 10.8. The second-order valence-electron chi connectivity index (χ2n) is 5.75. The molecule has 0 amide bonds. The Morgan fingerprint density at radius 3 is 1.96 bits per heavy atom. The number of aryl methyl sites for hydroxylation is 1. The van der Waals surface area contributed by atoms with Gasteiger partial charge in [-0.2, -0.15) is 0 Å². The maximum Gasteiger partial charge on any atom is 0.299 e. The summed E-state index contributed by atoms with van der Waals surface area (Å²) < 4.78 is 0. The van der Waals surface area contributed by atoms with Crippen molar-refractivity contribution in [3.8, 4) is 0 Å². The van der Waals surface area contributed by atoms with Crippen molar-refractivity contribution in [1.82, 2.24) is 0 Å². The van der Waals surface area contributed by atoms with Crippen LogP contribution in [0.4, 0.5) is 17.1 Å². The maximum absolute atomic E-state index is 11.6. The zero-order chi connectivity index (χ0) is 17.2. The van der Waals surface area contributed by atoms with E-state index in [1.54, 1.807) is 0 Å². The molecule has 1 aromatic rings. The topological polar surface area (TPSA) is 138 Å². The third-order valence-corrected chi connectivity index (χ3v) is 4.10. The zero-order valence-electron chi connectivity index (χ0n) is 12.5. The van der Waals surface area contributed by atoms with Gasteiger partial charge in [-0.15, -0.1) is 0 Å². The molecule has 1 aliphatic rings. The number of benzene rings is 1. The van der Waals surface area contributed by atoms with E-state index < -0.39 is 32.7 Å². The average molecular weight is 322 g/mol. The number of aliphatic carboxylic acids is 1. The van der Waals surface area contributed by atoms with Crippen LogP contribution in [0.2, 0.25) is 0 Å². The van der Waals surface area contributed by atoms with Crippen LogP contribution in [-0.4, -0.2) is 21.4 Å². The minimum absolute atomic E-state index is 0.206. The van der Waals surface area contributed by atoms with Crippen LogP contribution in [0, 0.1) is 27.2 Å². The molecule has 0 aliphatic heterocycles. The highest BCUT2D eigenvalue weighted by Gasteiger charge is 2.38. The summed E-state index contributed by atoms with van der Waals surface area (Å²) in [5, 5.41) is 36.7. The van der Waals surface area contributed by atoms with Crippen molar-refractivity contribution in [1.29, 1.82) is 0 Å². The van der Waals surface area contributed by atoms with Crippen LogP contribution in [0.1, 0.15) is 37.7 Å². The molecule has 0 aromatic heterocycles. The highest BCUT2D eigenvalue weighted by atomic mass is 16.6. The number of anilines is 1. The monoisotopic (exact) mass is 322 g/mol. The Hall–Kier alpha value is -2.71. The molecule has 0 bridgehead atoms. The summed E-state index contributed by atoms with van der Waals surface area (Å²) in [5.74, 6) is -1.40. The largest absolute Gasteiger partial charge is 0.548 e. The standard InChI is InChI=1S/C14H17N3O6/c1-9-7-10(16(20)21)12(11(8-9)17(22)23)15-14(13(18)19)5-3-2-4-6-14/h7-8,15H,2-6H2,1H3,(H,18,19)/p-1. The van der Waals surface area contributed by atoms with E-state index in [0.29, 0.717) is 18.4 Å². The Bertz CT molecular complexity index is 631. The zero-order valence-corrected chi connectivity index (χ0v) is 12.5. The molecule has 0 atom stereocenters. The van der Waals surface area contributed by atoms with E-state index in [4.69, 9.17) is 0 Å². The first-order valence-corrected chi connectivity index (χ1v) is 7.20. The van der Waals surface area contributed by atoms with Crippen molar-refractivity contribution in [2.24, 2.45) is 0 Å². The fourth-order valence-electron chi connectivity index (χ4n) is 2.94. The predicted octanol–water partition coefficient (Wildman–Crippen LogP) is 1.68. The van der Waals surface area contributed by atoms with E-state index in [-0.39, 0.29) is 18.5 Å². The van der Waals surface area contributed by atoms with Crippen molar-refractivity contribution < 1.29 is 19.7 Å². The van der Waals surface area contributed by atoms with E-state index in [9.17, 15) is 30.1 Å². The minimum Gasteiger partial charge on any atom is -0.548 e. The Balaban J connectivity index is 2.58. The Labute approximate surface area is 131 Å². The van der Waals surface area contributed by atoms with Crippen LogP contribution in [0.5, 0.6) is 0 Å². The van der Waals surface area contributed by atoms with Gasteiger partial charge in [0, 0.05) is 12.1 Å². The lowest BCUT2D eigenvalue weighted by Gasteiger charge is -2.39. The predicted molar refractivity (Wildman–Crippen MR) is 78.9 cm³/mol. The van der Waals surface area contributed by atoms with Crippen LogP contribution in [0.15, 0.2) is 12.1 Å². The summed E-state index contributed by atoms with van der Waals surface area (Å²) in [5.41, 5.74) is -2.58. The Morgan fingerprint density at radius 2 is 1.57 bits per heavy atom. The maximum atomic E-state index is 11.6. The summed E-state index contributed by atoms with van der Waals surface area (Å²) in [4.78, 5) is 32.6. The lowest BCUT2D eigenvalue weighted by atomic mass is 9.81. The first-order valence-electron chi connectivity index (χ1n) is 7.20. The number of hydrogen-bond acceptors (Lipinski definition) is 7. The van der Waals surface area contributed by atoms with Crippen molar-refractivity contribution >= 4 is 23.0 Å². The number of nitrogens with one attached hydrogen (secondary N) is 1. The molecule has 1 saturated carbocycles. The minimum atomic E-state index is -1.52. The molecule has 0 heterocycles. The van der Waals surface area contributed by atoms with Crippen LogP contribution in [-0.2, 0) is 4.79 Å². The van der Waals surface area contributed by atoms with Gasteiger partial charge < -0.3 is 15.2 Å². The van der Waals surface area contributed by atoms with E-state index >= 15 is 0 Å². The fraction of sp³-hybridized carbons (Fsp3) is 0.500. The fourth-order valence-corrected chi connectivity index (χ4v) is 2.94. The second-order valence-corrected chi connectivity index (χ2v) is 5.75. The summed E-state index contributed by atoms with van der Waals surface area (Å²) >= 11 is 0. The number of nitro benzene ring substituents is 2. The van der Waals surface area contributed by atoms with Gasteiger partial charge in [-0.3, -0.25) is 20.2 Å². The molecule has 124 valence electrons. The molecule has 0 saturated heterocycles. The molecule has 0 unspecified atom stereocenters. The molecule has 9 heteroatoms. The van der Waals surface area contributed by atoms with Crippen molar-refractivity contribution in [3.05, 3.63) is 37.9 Å². The van der Waals surface area contributed by atoms with Crippen molar-refractivity contribution in [2.75, 3.05) is 5.32 Å². The van der Waals surface area contributed by atoms with Gasteiger partial charge in [0.25, 0.3) is 11.4 Å².